The van der Waals surface area contributed by atoms with Gasteiger partial charge in [0.25, 0.3) is 0 Å². The Morgan fingerprint density at radius 2 is 2.12 bits per heavy atom. The van der Waals surface area contributed by atoms with Crippen LogP contribution in [-0.2, 0) is 29.4 Å². The number of thiophene rings is 1. The number of hydrogen-bond acceptors (Lipinski definition) is 8. The first-order valence-electron chi connectivity index (χ1n) is 11.7. The normalized spacial score (nSPS) is 18.2. The van der Waals surface area contributed by atoms with E-state index >= 15 is 0 Å². The third-order valence-corrected chi connectivity index (χ3v) is 8.91. The molecule has 0 amide bonds. The molecular formula is C24H32N4O4S2. The fourth-order valence-corrected chi connectivity index (χ4v) is 6.76. The molecule has 2 heterocycles. The number of aliphatic hydroxyl groups is 1. The Bertz CT molecular complexity index is 1170. The molecule has 1 aliphatic heterocycles. The second-order valence-electron chi connectivity index (χ2n) is 9.19. The van der Waals surface area contributed by atoms with Crippen molar-refractivity contribution in [1.82, 2.24) is 4.90 Å². The Kier molecular flexibility index (Phi) is 7.80. The van der Waals surface area contributed by atoms with E-state index in [1.54, 1.807) is 17.4 Å². The molecule has 10 heteroatoms. The van der Waals surface area contributed by atoms with Crippen LogP contribution in [0.4, 0.5) is 5.00 Å². The Morgan fingerprint density at radius 1 is 1.35 bits per heavy atom. The molecule has 0 saturated heterocycles. The number of rotatable bonds is 8. The van der Waals surface area contributed by atoms with Gasteiger partial charge in [0.05, 0.1) is 17.6 Å². The van der Waals surface area contributed by atoms with Crippen molar-refractivity contribution >= 4 is 26.4 Å². The van der Waals surface area contributed by atoms with Crippen LogP contribution in [0.2, 0.25) is 0 Å². The molecule has 2 aromatic rings. The zero-order chi connectivity index (χ0) is 24.3. The molecule has 8 nitrogen and oxygen atoms in total. The summed E-state index contributed by atoms with van der Waals surface area (Å²) < 4.78 is 28.5. The van der Waals surface area contributed by atoms with Crippen LogP contribution in [0.15, 0.2) is 23.1 Å². The minimum atomic E-state index is -3.85. The lowest BCUT2D eigenvalue weighted by atomic mass is 9.88. The average molecular weight is 505 g/mol. The fourth-order valence-electron chi connectivity index (χ4n) is 5.04. The lowest BCUT2D eigenvalue weighted by molar-refractivity contribution is 0.188. The van der Waals surface area contributed by atoms with Gasteiger partial charge in [-0.1, -0.05) is 25.3 Å². The minimum absolute atomic E-state index is 0.0500. The number of sulfonamides is 1. The number of anilines is 1. The van der Waals surface area contributed by atoms with E-state index in [0.717, 1.165) is 37.5 Å². The fraction of sp³-hybridized carbons (Fsp3) is 0.542. The van der Waals surface area contributed by atoms with E-state index in [4.69, 9.17) is 9.88 Å². The molecule has 0 radical (unpaired) electrons. The summed E-state index contributed by atoms with van der Waals surface area (Å²) in [5, 5.41) is 29.6. The highest BCUT2D eigenvalue weighted by molar-refractivity contribution is 7.89. The first-order chi connectivity index (χ1) is 16.3. The Labute approximate surface area is 205 Å². The predicted octanol–water partition coefficient (Wildman–Crippen LogP) is 3.19. The molecule has 1 aromatic carbocycles. The number of primary sulfonamides is 1. The van der Waals surface area contributed by atoms with Gasteiger partial charge in [0.1, 0.15) is 23.0 Å². The van der Waals surface area contributed by atoms with Gasteiger partial charge in [0, 0.05) is 42.6 Å². The van der Waals surface area contributed by atoms with Gasteiger partial charge in [-0.3, -0.25) is 4.90 Å². The van der Waals surface area contributed by atoms with Gasteiger partial charge in [-0.25, -0.2) is 13.6 Å². The van der Waals surface area contributed by atoms with E-state index in [0.29, 0.717) is 21.9 Å². The lowest BCUT2D eigenvalue weighted by Gasteiger charge is -2.32. The number of ether oxygens (including phenoxy) is 1. The zero-order valence-electron chi connectivity index (χ0n) is 19.4. The second kappa shape index (κ2) is 10.6. The lowest BCUT2D eigenvalue weighted by Crippen LogP contribution is -2.34. The number of methoxy groups -OCH3 is 1. The largest absolute Gasteiger partial charge is 0.496 e. The van der Waals surface area contributed by atoms with Crippen LogP contribution in [-0.4, -0.2) is 44.9 Å². The van der Waals surface area contributed by atoms with Gasteiger partial charge >= 0.3 is 0 Å². The average Bonchev–Trinajstić information content (AvgIpc) is 3.15. The molecule has 1 aromatic heterocycles. The highest BCUT2D eigenvalue weighted by Gasteiger charge is 2.27. The van der Waals surface area contributed by atoms with E-state index in [9.17, 15) is 18.8 Å². The quantitative estimate of drug-likeness (QED) is 0.471. The maximum Gasteiger partial charge on any atom is 0.238 e. The Morgan fingerprint density at radius 3 is 2.79 bits per heavy atom. The van der Waals surface area contributed by atoms with Crippen LogP contribution in [0.3, 0.4) is 0 Å². The third-order valence-electron chi connectivity index (χ3n) is 6.78. The monoisotopic (exact) mass is 504 g/mol. The second-order valence-corrected chi connectivity index (χ2v) is 11.9. The summed E-state index contributed by atoms with van der Waals surface area (Å²) in [5.41, 5.74) is 2.33. The van der Waals surface area contributed by atoms with Crippen molar-refractivity contribution in [2.24, 2.45) is 11.1 Å². The van der Waals surface area contributed by atoms with Crippen LogP contribution in [0, 0.1) is 17.2 Å². The molecule has 2 aliphatic rings. The van der Waals surface area contributed by atoms with E-state index in [-0.39, 0.29) is 11.3 Å². The highest BCUT2D eigenvalue weighted by atomic mass is 32.2. The zero-order valence-corrected chi connectivity index (χ0v) is 21.1. The van der Waals surface area contributed by atoms with Gasteiger partial charge < -0.3 is 15.2 Å². The van der Waals surface area contributed by atoms with E-state index < -0.39 is 16.3 Å². The van der Waals surface area contributed by atoms with Crippen LogP contribution in [0.5, 0.6) is 5.75 Å². The topological polar surface area (TPSA) is 129 Å². The van der Waals surface area contributed by atoms with Crippen molar-refractivity contribution in [2.75, 3.05) is 25.5 Å². The first kappa shape index (κ1) is 24.9. The summed E-state index contributed by atoms with van der Waals surface area (Å²) in [6.45, 7) is 2.89. The van der Waals surface area contributed by atoms with Crippen LogP contribution in [0.25, 0.3) is 0 Å². The number of benzene rings is 1. The third kappa shape index (κ3) is 5.73. The van der Waals surface area contributed by atoms with E-state index in [1.807, 2.05) is 0 Å². The molecule has 1 saturated carbocycles. The Hall–Kier alpha value is -2.16. The maximum atomic E-state index is 11.6. The summed E-state index contributed by atoms with van der Waals surface area (Å²) in [7, 11) is -2.41. The number of nitrogens with one attached hydrogen (secondary N) is 1. The number of nitrogens with two attached hydrogens (primary N) is 1. The van der Waals surface area contributed by atoms with Gasteiger partial charge in [-0.05, 0) is 36.8 Å². The van der Waals surface area contributed by atoms with Crippen LogP contribution in [0.1, 0.15) is 53.7 Å². The standard InChI is InChI=1S/C24H32N4O4S2/c1-32-21-12-18(34(26,30)31)8-7-17(21)11-23(29)27-24-19(13-25)20-15-28(10-9-22(20)33-24)14-16-5-3-2-4-6-16/h7-8,12,16,23,27,29H,2-6,9-11,14-15H2,1H3,(H2,26,30,31). The molecule has 4 rings (SSSR count). The number of nitriles is 1. The summed E-state index contributed by atoms with van der Waals surface area (Å²) in [4.78, 5) is 3.64. The molecule has 1 unspecified atom stereocenters. The minimum Gasteiger partial charge on any atom is -0.496 e. The smallest absolute Gasteiger partial charge is 0.238 e. The van der Waals surface area contributed by atoms with Gasteiger partial charge in [-0.2, -0.15) is 5.26 Å². The SMILES string of the molecule is COc1cc(S(N)(=O)=O)ccc1CC(O)Nc1sc2c(c1C#N)CN(CC1CCCCC1)CC2. The number of fused-ring (bicyclic) bond motifs is 1. The molecular weight excluding hydrogens is 472 g/mol. The molecule has 4 N–H and O–H groups in total. The van der Waals surface area contributed by atoms with Crippen LogP contribution >= 0.6 is 11.3 Å². The molecule has 1 fully saturated rings. The van der Waals surface area contributed by atoms with E-state index in [1.165, 1.54) is 56.2 Å². The highest BCUT2D eigenvalue weighted by Crippen LogP contribution is 2.38. The number of nitrogens with zero attached hydrogens (tertiary/aromatic N) is 2. The molecule has 34 heavy (non-hydrogen) atoms. The summed E-state index contributed by atoms with van der Waals surface area (Å²) in [6, 6.07) is 6.67. The summed E-state index contributed by atoms with van der Waals surface area (Å²) >= 11 is 1.54. The molecule has 184 valence electrons. The molecule has 1 atom stereocenters. The van der Waals surface area contributed by atoms with Gasteiger partial charge in [0.2, 0.25) is 10.0 Å². The molecule has 0 spiro atoms. The Balaban J connectivity index is 1.45. The van der Waals surface area contributed by atoms with Crippen molar-refractivity contribution in [3.63, 3.8) is 0 Å². The maximum absolute atomic E-state index is 11.6. The number of hydrogen-bond donors (Lipinski definition) is 3. The van der Waals surface area contributed by atoms with Crippen LogP contribution < -0.4 is 15.2 Å². The van der Waals surface area contributed by atoms with Crippen molar-refractivity contribution < 1.29 is 18.3 Å². The van der Waals surface area contributed by atoms with Crippen molar-refractivity contribution in [3.05, 3.63) is 39.8 Å². The van der Waals surface area contributed by atoms with Gasteiger partial charge in [0.15, 0.2) is 0 Å². The van der Waals surface area contributed by atoms with Crippen molar-refractivity contribution in [2.45, 2.75) is 62.6 Å². The van der Waals surface area contributed by atoms with Crippen molar-refractivity contribution in [1.29, 1.82) is 5.26 Å². The molecule has 0 bridgehead atoms. The van der Waals surface area contributed by atoms with Gasteiger partial charge in [-0.15, -0.1) is 11.3 Å². The van der Waals surface area contributed by atoms with E-state index in [2.05, 4.69) is 16.3 Å². The summed E-state index contributed by atoms with van der Waals surface area (Å²) in [6.07, 6.45) is 6.73. The molecule has 1 aliphatic carbocycles. The van der Waals surface area contributed by atoms with Crippen molar-refractivity contribution in [3.8, 4) is 11.8 Å². The predicted molar refractivity (Wildman–Crippen MR) is 132 cm³/mol. The summed E-state index contributed by atoms with van der Waals surface area (Å²) in [5.74, 6) is 1.09. The first-order valence-corrected chi connectivity index (χ1v) is 14.1. The number of aliphatic hydroxyl groups excluding tert-OH is 1.